The van der Waals surface area contributed by atoms with Gasteiger partial charge in [-0.15, -0.1) is 0 Å². The molecule has 3 heterocycles. The molecule has 0 unspecified atom stereocenters. The molecule has 4 aromatic rings. The number of rotatable bonds is 7. The van der Waals surface area contributed by atoms with Crippen molar-refractivity contribution in [2.24, 2.45) is 0 Å². The summed E-state index contributed by atoms with van der Waals surface area (Å²) in [4.78, 5) is 50.3. The van der Waals surface area contributed by atoms with Crippen LogP contribution in [0.1, 0.15) is 32.7 Å². The molecular weight excluding hydrogens is 474 g/mol. The van der Waals surface area contributed by atoms with Crippen LogP contribution in [-0.4, -0.2) is 50.2 Å². The standard InChI is InChI=1S/C24H20ClN5O3S/c1-15-7-8-18(25)21-20(15)27-24(34-21)29(11-4-10-28-12-9-26-14-28)19(31)13-30-22(32)16-5-2-3-6-17(16)23(30)33/h2-3,5-9,12,14H,4,10-11,13H2,1H3. The summed E-state index contributed by atoms with van der Waals surface area (Å²) in [6, 6.07) is 10.3. The molecule has 1 aliphatic heterocycles. The van der Waals surface area contributed by atoms with E-state index in [-0.39, 0.29) is 12.5 Å². The number of carbonyl (C=O) groups excluding carboxylic acids is 3. The fraction of sp³-hybridized carbons (Fsp3) is 0.208. The fourth-order valence-electron chi connectivity index (χ4n) is 3.97. The van der Waals surface area contributed by atoms with E-state index in [0.29, 0.717) is 40.8 Å². The van der Waals surface area contributed by atoms with Gasteiger partial charge in [0.15, 0.2) is 5.13 Å². The predicted molar refractivity (Wildman–Crippen MR) is 130 cm³/mol. The Morgan fingerprint density at radius 2 is 1.85 bits per heavy atom. The number of benzene rings is 2. The first kappa shape index (κ1) is 22.2. The summed E-state index contributed by atoms with van der Waals surface area (Å²) in [6.07, 6.45) is 5.90. The van der Waals surface area contributed by atoms with E-state index in [2.05, 4.69) is 4.98 Å². The summed E-state index contributed by atoms with van der Waals surface area (Å²) >= 11 is 7.71. The molecule has 0 atom stereocenters. The molecule has 5 rings (SSSR count). The van der Waals surface area contributed by atoms with Crippen LogP contribution in [0, 0.1) is 6.92 Å². The van der Waals surface area contributed by atoms with Crippen LogP contribution in [0.25, 0.3) is 10.2 Å². The van der Waals surface area contributed by atoms with Gasteiger partial charge < -0.3 is 4.57 Å². The number of hydrogen-bond acceptors (Lipinski definition) is 6. The maximum Gasteiger partial charge on any atom is 0.262 e. The largest absolute Gasteiger partial charge is 0.337 e. The molecule has 1 aliphatic rings. The quantitative estimate of drug-likeness (QED) is 0.360. The third kappa shape index (κ3) is 3.97. The minimum atomic E-state index is -0.462. The number of halogens is 1. The smallest absolute Gasteiger partial charge is 0.262 e. The number of hydrogen-bond donors (Lipinski definition) is 0. The monoisotopic (exact) mass is 493 g/mol. The Balaban J connectivity index is 1.43. The van der Waals surface area contributed by atoms with Gasteiger partial charge in [-0.25, -0.2) is 9.97 Å². The van der Waals surface area contributed by atoms with Crippen LogP contribution in [0.2, 0.25) is 5.02 Å². The van der Waals surface area contributed by atoms with E-state index in [9.17, 15) is 14.4 Å². The summed E-state index contributed by atoms with van der Waals surface area (Å²) in [5.74, 6) is -1.31. The highest BCUT2D eigenvalue weighted by atomic mass is 35.5. The second kappa shape index (κ2) is 9.00. The van der Waals surface area contributed by atoms with Gasteiger partial charge in [0.05, 0.1) is 32.7 Å². The number of fused-ring (bicyclic) bond motifs is 2. The van der Waals surface area contributed by atoms with Gasteiger partial charge in [-0.2, -0.15) is 0 Å². The zero-order valence-corrected chi connectivity index (χ0v) is 19.8. The van der Waals surface area contributed by atoms with Gasteiger partial charge in [-0.3, -0.25) is 24.2 Å². The van der Waals surface area contributed by atoms with E-state index in [0.717, 1.165) is 20.7 Å². The topological polar surface area (TPSA) is 88.4 Å². The van der Waals surface area contributed by atoms with Crippen LogP contribution in [-0.2, 0) is 11.3 Å². The predicted octanol–water partition coefficient (Wildman–Crippen LogP) is 4.17. The molecule has 0 saturated carbocycles. The first-order valence-electron chi connectivity index (χ1n) is 10.7. The lowest BCUT2D eigenvalue weighted by Crippen LogP contribution is -2.43. The van der Waals surface area contributed by atoms with Crippen molar-refractivity contribution >= 4 is 56.0 Å². The molecule has 0 saturated heterocycles. The van der Waals surface area contributed by atoms with Crippen LogP contribution in [0.5, 0.6) is 0 Å². The van der Waals surface area contributed by atoms with Crippen LogP contribution in [0.15, 0.2) is 55.1 Å². The zero-order chi connectivity index (χ0) is 23.8. The molecule has 2 aromatic carbocycles. The lowest BCUT2D eigenvalue weighted by molar-refractivity contribution is -0.119. The highest BCUT2D eigenvalue weighted by Gasteiger charge is 2.37. The molecule has 0 aliphatic carbocycles. The van der Waals surface area contributed by atoms with Crippen LogP contribution < -0.4 is 4.90 Å². The number of nitrogens with zero attached hydrogens (tertiary/aromatic N) is 5. The SMILES string of the molecule is Cc1ccc(Cl)c2sc(N(CCCn3ccnc3)C(=O)CN3C(=O)c4ccccc4C3=O)nc12. The van der Waals surface area contributed by atoms with E-state index in [1.165, 1.54) is 11.3 Å². The van der Waals surface area contributed by atoms with Gasteiger partial charge in [-0.05, 0) is 37.1 Å². The lowest BCUT2D eigenvalue weighted by Gasteiger charge is -2.22. The van der Waals surface area contributed by atoms with Gasteiger partial charge in [0.1, 0.15) is 6.54 Å². The molecule has 0 spiro atoms. The summed E-state index contributed by atoms with van der Waals surface area (Å²) in [5, 5.41) is 1.05. The van der Waals surface area contributed by atoms with E-state index < -0.39 is 11.8 Å². The molecule has 0 bridgehead atoms. The highest BCUT2D eigenvalue weighted by Crippen LogP contribution is 2.36. The maximum atomic E-state index is 13.5. The second-order valence-electron chi connectivity index (χ2n) is 7.98. The Kier molecular flexibility index (Phi) is 5.89. The maximum absolute atomic E-state index is 13.5. The van der Waals surface area contributed by atoms with Crippen molar-refractivity contribution in [1.82, 2.24) is 19.4 Å². The van der Waals surface area contributed by atoms with Crippen molar-refractivity contribution < 1.29 is 14.4 Å². The first-order valence-corrected chi connectivity index (χ1v) is 11.9. The molecule has 0 radical (unpaired) electrons. The first-order chi connectivity index (χ1) is 16.4. The minimum absolute atomic E-state index is 0.314. The number of aryl methyl sites for hydroxylation is 2. The molecule has 2 aromatic heterocycles. The number of thiazole rings is 1. The third-order valence-electron chi connectivity index (χ3n) is 5.75. The molecule has 0 N–H and O–H groups in total. The van der Waals surface area contributed by atoms with E-state index in [4.69, 9.17) is 16.6 Å². The molecule has 0 fully saturated rings. The summed E-state index contributed by atoms with van der Waals surface area (Å²) in [5.41, 5.74) is 2.32. The average molecular weight is 494 g/mol. The van der Waals surface area contributed by atoms with Crippen molar-refractivity contribution in [3.63, 3.8) is 0 Å². The van der Waals surface area contributed by atoms with Crippen LogP contribution in [0.3, 0.4) is 0 Å². The minimum Gasteiger partial charge on any atom is -0.337 e. The molecule has 3 amide bonds. The Hall–Kier alpha value is -3.56. The number of carbonyl (C=O) groups is 3. The Morgan fingerprint density at radius 3 is 2.50 bits per heavy atom. The Morgan fingerprint density at radius 1 is 1.12 bits per heavy atom. The molecule has 34 heavy (non-hydrogen) atoms. The van der Waals surface area contributed by atoms with E-state index >= 15 is 0 Å². The summed E-state index contributed by atoms with van der Waals surface area (Å²) < 4.78 is 2.72. The number of anilines is 1. The van der Waals surface area contributed by atoms with Crippen molar-refractivity contribution in [2.75, 3.05) is 18.0 Å². The van der Waals surface area contributed by atoms with E-state index in [1.807, 2.05) is 29.8 Å². The normalized spacial score (nSPS) is 13.1. The van der Waals surface area contributed by atoms with Crippen LogP contribution >= 0.6 is 22.9 Å². The second-order valence-corrected chi connectivity index (χ2v) is 9.36. The van der Waals surface area contributed by atoms with Gasteiger partial charge in [0.25, 0.3) is 11.8 Å². The van der Waals surface area contributed by atoms with Gasteiger partial charge >= 0.3 is 0 Å². The van der Waals surface area contributed by atoms with Gasteiger partial charge in [0, 0.05) is 25.5 Å². The molecular formula is C24H20ClN5O3S. The summed E-state index contributed by atoms with van der Waals surface area (Å²) in [6.45, 7) is 2.59. The van der Waals surface area contributed by atoms with Gasteiger partial charge in [0.2, 0.25) is 5.91 Å². The van der Waals surface area contributed by atoms with E-state index in [1.54, 1.807) is 41.7 Å². The summed E-state index contributed by atoms with van der Waals surface area (Å²) in [7, 11) is 0. The number of imide groups is 1. The molecule has 8 nitrogen and oxygen atoms in total. The molecule has 172 valence electrons. The highest BCUT2D eigenvalue weighted by molar-refractivity contribution is 7.23. The van der Waals surface area contributed by atoms with Crippen molar-refractivity contribution in [1.29, 1.82) is 0 Å². The Bertz CT molecular complexity index is 1340. The van der Waals surface area contributed by atoms with Crippen molar-refractivity contribution in [3.05, 3.63) is 76.8 Å². The van der Waals surface area contributed by atoms with Gasteiger partial charge in [-0.1, -0.05) is 41.1 Å². The van der Waals surface area contributed by atoms with Crippen molar-refractivity contribution in [3.8, 4) is 0 Å². The Labute approximate surface area is 204 Å². The van der Waals surface area contributed by atoms with Crippen molar-refractivity contribution in [2.45, 2.75) is 19.9 Å². The fourth-order valence-corrected chi connectivity index (χ4v) is 5.33. The number of aromatic nitrogens is 3. The third-order valence-corrected chi connectivity index (χ3v) is 7.29. The number of amides is 3. The van der Waals surface area contributed by atoms with Crippen LogP contribution in [0.4, 0.5) is 5.13 Å². The molecule has 10 heteroatoms. The number of imidazole rings is 1. The average Bonchev–Trinajstić information content (AvgIpc) is 3.56. The lowest BCUT2D eigenvalue weighted by atomic mass is 10.1. The zero-order valence-electron chi connectivity index (χ0n) is 18.3.